The predicted molar refractivity (Wildman–Crippen MR) is 112 cm³/mol. The number of urea groups is 1. The van der Waals surface area contributed by atoms with Crippen LogP contribution >= 0.6 is 0 Å². The van der Waals surface area contributed by atoms with Crippen molar-refractivity contribution in [1.29, 1.82) is 0 Å². The third-order valence-electron chi connectivity index (χ3n) is 5.12. The molecule has 3 amide bonds. The summed E-state index contributed by atoms with van der Waals surface area (Å²) in [5.41, 5.74) is 4.01. The minimum Gasteiger partial charge on any atom is -0.497 e. The van der Waals surface area contributed by atoms with E-state index < -0.39 is 0 Å². The van der Waals surface area contributed by atoms with Crippen LogP contribution in [0.4, 0.5) is 10.5 Å². The van der Waals surface area contributed by atoms with Gasteiger partial charge in [0.1, 0.15) is 5.75 Å². The minimum atomic E-state index is -0.273. The zero-order valence-electron chi connectivity index (χ0n) is 16.5. The normalized spacial score (nSPS) is 16.3. The first-order valence-electron chi connectivity index (χ1n) is 9.59. The number of fused-ring (bicyclic) bond motifs is 1. The zero-order chi connectivity index (χ0) is 20.4. The van der Waals surface area contributed by atoms with Crippen molar-refractivity contribution < 1.29 is 14.3 Å². The molecule has 2 aromatic carbocycles. The number of anilines is 1. The Hall–Kier alpha value is -3.48. The molecule has 2 heterocycles. The van der Waals surface area contributed by atoms with E-state index in [4.69, 9.17) is 4.74 Å². The molecule has 7 heteroatoms. The molecule has 1 aliphatic heterocycles. The van der Waals surface area contributed by atoms with Crippen LogP contribution in [-0.4, -0.2) is 36.6 Å². The van der Waals surface area contributed by atoms with Gasteiger partial charge in [0.2, 0.25) is 5.91 Å². The molecule has 1 saturated heterocycles. The standard InChI is InChI=1S/C22H24N4O3/c1-14-9-16-10-15(3-8-20(16)24-14)12-23-22(28)25-17-11-21(27)26(13-17)18-4-6-19(29-2)7-5-18/h3-10,17,24H,11-13H2,1-2H3,(H2,23,25,28). The number of aromatic nitrogens is 1. The number of amides is 3. The van der Waals surface area contributed by atoms with E-state index in [0.717, 1.165) is 33.6 Å². The number of nitrogens with zero attached hydrogens (tertiary/aromatic N) is 1. The van der Waals surface area contributed by atoms with Gasteiger partial charge in [0.25, 0.3) is 0 Å². The van der Waals surface area contributed by atoms with Crippen molar-refractivity contribution in [3.63, 3.8) is 0 Å². The number of carbonyl (C=O) groups excluding carboxylic acids is 2. The highest BCUT2D eigenvalue weighted by Gasteiger charge is 2.31. The highest BCUT2D eigenvalue weighted by atomic mass is 16.5. The molecule has 1 aliphatic rings. The van der Waals surface area contributed by atoms with Crippen molar-refractivity contribution in [1.82, 2.24) is 15.6 Å². The highest BCUT2D eigenvalue weighted by molar-refractivity contribution is 5.96. The average molecular weight is 392 g/mol. The number of methoxy groups -OCH3 is 1. The zero-order valence-corrected chi connectivity index (χ0v) is 16.5. The van der Waals surface area contributed by atoms with Gasteiger partial charge in [-0.05, 0) is 60.3 Å². The van der Waals surface area contributed by atoms with E-state index in [1.165, 1.54) is 0 Å². The van der Waals surface area contributed by atoms with Gasteiger partial charge in [0, 0.05) is 36.4 Å². The summed E-state index contributed by atoms with van der Waals surface area (Å²) in [5.74, 6) is 0.733. The summed E-state index contributed by atoms with van der Waals surface area (Å²) in [6, 6.07) is 15.0. The van der Waals surface area contributed by atoms with Gasteiger partial charge in [-0.1, -0.05) is 6.07 Å². The molecule has 1 aromatic heterocycles. The summed E-state index contributed by atoms with van der Waals surface area (Å²) in [6.45, 7) is 2.89. The van der Waals surface area contributed by atoms with Gasteiger partial charge >= 0.3 is 6.03 Å². The van der Waals surface area contributed by atoms with Gasteiger partial charge in [-0.25, -0.2) is 4.79 Å². The van der Waals surface area contributed by atoms with Crippen molar-refractivity contribution in [2.45, 2.75) is 25.9 Å². The first kappa shape index (κ1) is 18.9. The molecule has 0 aliphatic carbocycles. The van der Waals surface area contributed by atoms with E-state index in [-0.39, 0.29) is 24.4 Å². The van der Waals surface area contributed by atoms with Gasteiger partial charge < -0.3 is 25.3 Å². The Morgan fingerprint density at radius 3 is 2.76 bits per heavy atom. The number of hydrogen-bond acceptors (Lipinski definition) is 3. The average Bonchev–Trinajstić information content (AvgIpc) is 3.27. The highest BCUT2D eigenvalue weighted by Crippen LogP contribution is 2.24. The van der Waals surface area contributed by atoms with Gasteiger partial charge in [-0.15, -0.1) is 0 Å². The molecule has 29 heavy (non-hydrogen) atoms. The molecule has 3 aromatic rings. The molecule has 0 bridgehead atoms. The van der Waals surface area contributed by atoms with Crippen LogP contribution in [-0.2, 0) is 11.3 Å². The summed E-state index contributed by atoms with van der Waals surface area (Å²) in [6.07, 6.45) is 0.286. The Morgan fingerprint density at radius 2 is 2.00 bits per heavy atom. The third-order valence-corrected chi connectivity index (χ3v) is 5.12. The Bertz CT molecular complexity index is 1040. The molecular formula is C22H24N4O3. The molecule has 7 nitrogen and oxygen atoms in total. The Labute approximate surface area is 169 Å². The maximum absolute atomic E-state index is 12.3. The number of nitrogens with one attached hydrogen (secondary N) is 3. The van der Waals surface area contributed by atoms with Crippen LogP contribution < -0.4 is 20.3 Å². The van der Waals surface area contributed by atoms with Crippen molar-refractivity contribution in [3.05, 3.63) is 59.8 Å². The first-order chi connectivity index (χ1) is 14.0. The summed E-state index contributed by atoms with van der Waals surface area (Å²) in [4.78, 5) is 29.6. The lowest BCUT2D eigenvalue weighted by molar-refractivity contribution is -0.117. The number of rotatable bonds is 5. The van der Waals surface area contributed by atoms with Crippen LogP contribution in [0, 0.1) is 6.92 Å². The van der Waals surface area contributed by atoms with E-state index in [2.05, 4.69) is 27.8 Å². The van der Waals surface area contributed by atoms with E-state index in [1.807, 2.05) is 43.3 Å². The van der Waals surface area contributed by atoms with Crippen LogP contribution in [0.25, 0.3) is 10.9 Å². The molecular weight excluding hydrogens is 368 g/mol. The van der Waals surface area contributed by atoms with E-state index in [9.17, 15) is 9.59 Å². The number of aryl methyl sites for hydroxylation is 1. The van der Waals surface area contributed by atoms with Crippen LogP contribution in [0.15, 0.2) is 48.5 Å². The van der Waals surface area contributed by atoms with Crippen molar-refractivity contribution in [3.8, 4) is 5.75 Å². The molecule has 0 spiro atoms. The van der Waals surface area contributed by atoms with Crippen molar-refractivity contribution in [2.24, 2.45) is 0 Å². The number of carbonyl (C=O) groups is 2. The van der Waals surface area contributed by atoms with Crippen molar-refractivity contribution >= 4 is 28.5 Å². The molecule has 0 radical (unpaired) electrons. The first-order valence-corrected chi connectivity index (χ1v) is 9.59. The molecule has 3 N–H and O–H groups in total. The molecule has 1 atom stereocenters. The minimum absolute atomic E-state index is 0.00579. The summed E-state index contributed by atoms with van der Waals surface area (Å²) in [5, 5.41) is 6.90. The monoisotopic (exact) mass is 392 g/mol. The lowest BCUT2D eigenvalue weighted by atomic mass is 10.1. The quantitative estimate of drug-likeness (QED) is 0.624. The van der Waals surface area contributed by atoms with Gasteiger partial charge in [-0.2, -0.15) is 0 Å². The maximum atomic E-state index is 12.3. The SMILES string of the molecule is COc1ccc(N2CC(NC(=O)NCc3ccc4[nH]c(C)cc4c3)CC2=O)cc1. The number of ether oxygens (including phenoxy) is 1. The fourth-order valence-electron chi connectivity index (χ4n) is 3.67. The summed E-state index contributed by atoms with van der Waals surface area (Å²) >= 11 is 0. The van der Waals surface area contributed by atoms with Crippen LogP contribution in [0.5, 0.6) is 5.75 Å². The van der Waals surface area contributed by atoms with Crippen molar-refractivity contribution in [2.75, 3.05) is 18.6 Å². The van der Waals surface area contributed by atoms with Gasteiger partial charge in [-0.3, -0.25) is 4.79 Å². The molecule has 4 rings (SSSR count). The second-order valence-electron chi connectivity index (χ2n) is 7.30. The Kier molecular flexibility index (Phi) is 5.12. The maximum Gasteiger partial charge on any atom is 0.315 e. The number of hydrogen-bond donors (Lipinski definition) is 3. The molecule has 1 fully saturated rings. The number of aromatic amines is 1. The van der Waals surface area contributed by atoms with Gasteiger partial charge in [0.05, 0.1) is 13.2 Å². The smallest absolute Gasteiger partial charge is 0.315 e. The number of benzene rings is 2. The third kappa shape index (κ3) is 4.18. The fraction of sp³-hybridized carbons (Fsp3) is 0.273. The largest absolute Gasteiger partial charge is 0.497 e. The van der Waals surface area contributed by atoms with E-state index in [1.54, 1.807) is 12.0 Å². The summed E-state index contributed by atoms with van der Waals surface area (Å²) < 4.78 is 5.15. The number of H-pyrrole nitrogens is 1. The lowest BCUT2D eigenvalue weighted by Gasteiger charge is -2.18. The predicted octanol–water partition coefficient (Wildman–Crippen LogP) is 3.09. The van der Waals surface area contributed by atoms with E-state index in [0.29, 0.717) is 13.1 Å². The molecule has 150 valence electrons. The second-order valence-corrected chi connectivity index (χ2v) is 7.30. The van der Waals surface area contributed by atoms with Crippen LogP contribution in [0.2, 0.25) is 0 Å². The topological polar surface area (TPSA) is 86.5 Å². The second kappa shape index (κ2) is 7.87. The molecule has 1 unspecified atom stereocenters. The lowest BCUT2D eigenvalue weighted by Crippen LogP contribution is -2.43. The van der Waals surface area contributed by atoms with Gasteiger partial charge in [0.15, 0.2) is 0 Å². The summed E-state index contributed by atoms with van der Waals surface area (Å²) in [7, 11) is 1.60. The van der Waals surface area contributed by atoms with Crippen LogP contribution in [0.1, 0.15) is 17.7 Å². The Balaban J connectivity index is 1.31. The Morgan fingerprint density at radius 1 is 1.21 bits per heavy atom. The van der Waals surface area contributed by atoms with Crippen LogP contribution in [0.3, 0.4) is 0 Å². The molecule has 0 saturated carbocycles. The fourth-order valence-corrected chi connectivity index (χ4v) is 3.67. The van der Waals surface area contributed by atoms with E-state index >= 15 is 0 Å².